The molecule has 34 heavy (non-hydrogen) atoms. The van der Waals surface area contributed by atoms with Crippen molar-refractivity contribution in [2.24, 2.45) is 4.99 Å². The number of nitrogens with zero attached hydrogens (tertiary/aromatic N) is 3. The van der Waals surface area contributed by atoms with E-state index in [1.54, 1.807) is 20.3 Å². The lowest BCUT2D eigenvalue weighted by Gasteiger charge is -2.16. The smallest absolute Gasteiger partial charge is 0.229 e. The molecular weight excluding hydrogens is 472 g/mol. The Morgan fingerprint density at radius 3 is 2.32 bits per heavy atom. The zero-order chi connectivity index (χ0) is 24.5. The van der Waals surface area contributed by atoms with Crippen LogP contribution in [0.15, 0.2) is 53.5 Å². The van der Waals surface area contributed by atoms with Crippen LogP contribution in [-0.4, -0.2) is 41.8 Å². The van der Waals surface area contributed by atoms with Crippen LogP contribution in [0.4, 0.5) is 11.6 Å². The van der Waals surface area contributed by atoms with Gasteiger partial charge in [0.1, 0.15) is 11.5 Å². The molecule has 0 unspecified atom stereocenters. The number of rotatable bonds is 7. The molecule has 3 rings (SSSR count). The summed E-state index contributed by atoms with van der Waals surface area (Å²) < 4.78 is 10.7. The van der Waals surface area contributed by atoms with Crippen LogP contribution in [-0.2, 0) is 6.42 Å². The Bertz CT molecular complexity index is 1150. The monoisotopic (exact) mass is 498 g/mol. The van der Waals surface area contributed by atoms with Gasteiger partial charge in [-0.25, -0.2) is 9.97 Å². The van der Waals surface area contributed by atoms with E-state index in [0.717, 1.165) is 23.4 Å². The first-order valence-electron chi connectivity index (χ1n) is 10.5. The molecule has 1 heterocycles. The van der Waals surface area contributed by atoms with E-state index >= 15 is 0 Å². The van der Waals surface area contributed by atoms with Crippen LogP contribution in [0, 0.1) is 13.8 Å². The van der Waals surface area contributed by atoms with E-state index in [0.29, 0.717) is 45.8 Å². The Kier molecular flexibility index (Phi) is 9.00. The summed E-state index contributed by atoms with van der Waals surface area (Å²) in [4.78, 5) is 13.5. The van der Waals surface area contributed by atoms with E-state index in [1.165, 1.54) is 0 Å². The highest BCUT2D eigenvalue weighted by Crippen LogP contribution is 2.28. The molecule has 0 aliphatic heterocycles. The molecule has 3 aromatic rings. The van der Waals surface area contributed by atoms with Gasteiger partial charge < -0.3 is 20.1 Å². The Labute approximate surface area is 209 Å². The second kappa shape index (κ2) is 12.2. The molecule has 0 spiro atoms. The molecule has 0 amide bonds. The number of anilines is 2. The van der Waals surface area contributed by atoms with Gasteiger partial charge in [-0.05, 0) is 68.4 Å². The lowest BCUT2D eigenvalue weighted by molar-refractivity contribution is 0.395. The molecule has 0 fully saturated rings. The predicted octanol–water partition coefficient (Wildman–Crippen LogP) is 4.76. The number of ether oxygens (including phenoxy) is 2. The average molecular weight is 499 g/mol. The van der Waals surface area contributed by atoms with Crippen LogP contribution in [0.1, 0.15) is 17.0 Å². The van der Waals surface area contributed by atoms with Crippen LogP contribution in [0.5, 0.6) is 11.5 Å². The number of hydrogen-bond donors (Lipinski definition) is 3. The number of benzene rings is 2. The highest BCUT2D eigenvalue weighted by molar-refractivity contribution is 7.80. The molecule has 0 saturated heterocycles. The first-order chi connectivity index (χ1) is 16.4. The van der Waals surface area contributed by atoms with E-state index in [9.17, 15) is 0 Å². The molecule has 8 nitrogen and oxygen atoms in total. The Balaban J connectivity index is 1.75. The summed E-state index contributed by atoms with van der Waals surface area (Å²) in [5.74, 6) is 2.12. The van der Waals surface area contributed by atoms with Gasteiger partial charge >= 0.3 is 0 Å². The molecule has 0 aliphatic rings. The first kappa shape index (κ1) is 25.2. The van der Waals surface area contributed by atoms with Crippen molar-refractivity contribution in [1.82, 2.24) is 15.3 Å². The van der Waals surface area contributed by atoms with Crippen molar-refractivity contribution in [3.8, 4) is 11.5 Å². The fourth-order valence-corrected chi connectivity index (χ4v) is 3.44. The quantitative estimate of drug-likeness (QED) is 0.244. The number of methoxy groups -OCH3 is 2. The molecule has 0 radical (unpaired) electrons. The van der Waals surface area contributed by atoms with E-state index in [2.05, 4.69) is 30.9 Å². The average Bonchev–Trinajstić information content (AvgIpc) is 2.79. The summed E-state index contributed by atoms with van der Waals surface area (Å²) in [5, 5.41) is 10.4. The van der Waals surface area contributed by atoms with Crippen molar-refractivity contribution in [3.63, 3.8) is 0 Å². The molecule has 0 atom stereocenters. The van der Waals surface area contributed by atoms with Gasteiger partial charge in [-0.3, -0.25) is 10.3 Å². The highest BCUT2D eigenvalue weighted by atomic mass is 35.5. The Hall–Kier alpha value is -3.43. The third-order valence-electron chi connectivity index (χ3n) is 4.68. The summed E-state index contributed by atoms with van der Waals surface area (Å²) in [6.07, 6.45) is 0.726. The molecule has 10 heteroatoms. The maximum absolute atomic E-state index is 5.98. The number of hydrogen-bond acceptors (Lipinski definition) is 6. The molecule has 2 aromatic carbocycles. The standard InChI is InChI=1S/C24H27ClN6O2S/c1-15-13-16(2)28-23(27-15)30-22(26-12-11-17-5-7-18(25)8-6-17)31-24(34)29-20-10-9-19(32-3)14-21(20)33-4/h5-10,13-14H,11-12H2,1-4H3,(H3,26,27,28,29,30,31,34). The SMILES string of the molecule is COc1ccc(NC(=S)NC(=NCCc2ccc(Cl)cc2)Nc2nc(C)cc(C)n2)c(OC)c1. The van der Waals surface area contributed by atoms with Crippen molar-refractivity contribution in [2.75, 3.05) is 31.4 Å². The second-order valence-corrected chi connectivity index (χ2v) is 8.20. The largest absolute Gasteiger partial charge is 0.497 e. The van der Waals surface area contributed by atoms with Gasteiger partial charge in [0, 0.05) is 29.0 Å². The summed E-state index contributed by atoms with van der Waals surface area (Å²) in [6.45, 7) is 4.33. The maximum Gasteiger partial charge on any atom is 0.229 e. The number of guanidine groups is 1. The minimum atomic E-state index is 0.325. The van der Waals surface area contributed by atoms with E-state index in [-0.39, 0.29) is 0 Å². The molecule has 1 aromatic heterocycles. The highest BCUT2D eigenvalue weighted by Gasteiger charge is 2.10. The van der Waals surface area contributed by atoms with Crippen molar-refractivity contribution in [1.29, 1.82) is 0 Å². The van der Waals surface area contributed by atoms with Crippen LogP contribution in [0.2, 0.25) is 5.02 Å². The normalized spacial score (nSPS) is 11.0. The zero-order valence-corrected chi connectivity index (χ0v) is 21.0. The van der Waals surface area contributed by atoms with Crippen molar-refractivity contribution >= 4 is 46.5 Å². The van der Waals surface area contributed by atoms with Crippen molar-refractivity contribution in [2.45, 2.75) is 20.3 Å². The number of halogens is 1. The van der Waals surface area contributed by atoms with Gasteiger partial charge in [-0.1, -0.05) is 23.7 Å². The predicted molar refractivity (Wildman–Crippen MR) is 141 cm³/mol. The summed E-state index contributed by atoms with van der Waals surface area (Å²) in [5.41, 5.74) is 3.50. The van der Waals surface area contributed by atoms with Gasteiger partial charge in [0.05, 0.1) is 19.9 Å². The lowest BCUT2D eigenvalue weighted by atomic mass is 10.1. The summed E-state index contributed by atoms with van der Waals surface area (Å²) in [6, 6.07) is 15.0. The van der Waals surface area contributed by atoms with Crippen molar-refractivity contribution < 1.29 is 9.47 Å². The topological polar surface area (TPSA) is 92.7 Å². The molecule has 0 bridgehead atoms. The van der Waals surface area contributed by atoms with Crippen LogP contribution >= 0.6 is 23.8 Å². The van der Waals surface area contributed by atoms with Gasteiger partial charge in [0.2, 0.25) is 11.9 Å². The van der Waals surface area contributed by atoms with Crippen LogP contribution < -0.4 is 25.4 Å². The number of aryl methyl sites for hydroxylation is 2. The summed E-state index contributed by atoms with van der Waals surface area (Å²) >= 11 is 11.5. The number of aliphatic imine (C=N–C) groups is 1. The fourth-order valence-electron chi connectivity index (χ4n) is 3.11. The number of thiocarbonyl (C=S) groups is 1. The van der Waals surface area contributed by atoms with Crippen molar-refractivity contribution in [3.05, 3.63) is 70.5 Å². The maximum atomic E-state index is 5.98. The van der Waals surface area contributed by atoms with E-state index in [4.69, 9.17) is 33.3 Å². The molecular formula is C24H27ClN6O2S. The summed E-state index contributed by atoms with van der Waals surface area (Å²) in [7, 11) is 3.18. The minimum Gasteiger partial charge on any atom is -0.497 e. The molecule has 0 saturated carbocycles. The minimum absolute atomic E-state index is 0.325. The second-order valence-electron chi connectivity index (χ2n) is 7.35. The molecule has 3 N–H and O–H groups in total. The van der Waals surface area contributed by atoms with Gasteiger partial charge in [0.15, 0.2) is 5.11 Å². The van der Waals surface area contributed by atoms with Gasteiger partial charge in [0.25, 0.3) is 0 Å². The van der Waals surface area contributed by atoms with Crippen LogP contribution in [0.25, 0.3) is 0 Å². The Morgan fingerprint density at radius 2 is 1.68 bits per heavy atom. The van der Waals surface area contributed by atoms with Crippen LogP contribution in [0.3, 0.4) is 0 Å². The number of aromatic nitrogens is 2. The fraction of sp³-hybridized carbons (Fsp3) is 0.250. The van der Waals surface area contributed by atoms with Gasteiger partial charge in [-0.15, -0.1) is 0 Å². The molecule has 178 valence electrons. The molecule has 0 aliphatic carbocycles. The number of nitrogens with one attached hydrogen (secondary N) is 3. The zero-order valence-electron chi connectivity index (χ0n) is 19.5. The van der Waals surface area contributed by atoms with E-state index in [1.807, 2.05) is 56.3 Å². The third-order valence-corrected chi connectivity index (χ3v) is 5.14. The van der Waals surface area contributed by atoms with E-state index < -0.39 is 0 Å². The van der Waals surface area contributed by atoms with Gasteiger partial charge in [-0.2, -0.15) is 0 Å². The third kappa shape index (κ3) is 7.57. The first-order valence-corrected chi connectivity index (χ1v) is 11.3. The Morgan fingerprint density at radius 1 is 0.971 bits per heavy atom. The lowest BCUT2D eigenvalue weighted by Crippen LogP contribution is -2.39.